The van der Waals surface area contributed by atoms with E-state index in [4.69, 9.17) is 0 Å². The van der Waals surface area contributed by atoms with Crippen molar-refractivity contribution in [1.29, 1.82) is 0 Å². The molecule has 0 radical (unpaired) electrons. The summed E-state index contributed by atoms with van der Waals surface area (Å²) in [6.07, 6.45) is -10.8. The van der Waals surface area contributed by atoms with E-state index in [0.717, 1.165) is 0 Å². The normalized spacial score (nSPS) is 15.0. The second-order valence-corrected chi connectivity index (χ2v) is 4.05. The van der Waals surface area contributed by atoms with Crippen LogP contribution in [0.1, 0.15) is 6.42 Å². The van der Waals surface area contributed by atoms with Crippen LogP contribution in [0.25, 0.3) is 0 Å². The Hall–Kier alpha value is -0.440. The predicted molar refractivity (Wildman–Crippen MR) is 40.4 cm³/mol. The van der Waals surface area contributed by atoms with E-state index >= 15 is 0 Å². The van der Waals surface area contributed by atoms with Crippen molar-refractivity contribution in [1.82, 2.24) is 0 Å². The number of hydrogen-bond donors (Lipinski definition) is 0. The van der Waals surface area contributed by atoms with Crippen molar-refractivity contribution in [3.63, 3.8) is 0 Å². The summed E-state index contributed by atoms with van der Waals surface area (Å²) in [5, 5.41) is 9.71. The minimum Gasteiger partial charge on any atom is -0.550 e. The Morgan fingerprint density at radius 1 is 0.625 bits per heavy atom. The molecule has 138 valence electrons. The molecule has 0 aromatic carbocycles. The maximum Gasteiger partial charge on any atom is 1.00 e. The largest absolute Gasteiger partial charge is 1.00 e. The topological polar surface area (TPSA) is 40.1 Å². The van der Waals surface area contributed by atoms with Crippen LogP contribution in [-0.2, 0) is 4.79 Å². The Morgan fingerprint density at radius 3 is 1.17 bits per heavy atom. The molecule has 0 aliphatic heterocycles. The first kappa shape index (κ1) is 25.8. The minimum atomic E-state index is -8.03. The van der Waals surface area contributed by atoms with Gasteiger partial charge in [0.1, 0.15) is 0 Å². The van der Waals surface area contributed by atoms with Crippen LogP contribution >= 0.6 is 0 Å². The molecule has 0 aromatic heterocycles. The van der Waals surface area contributed by atoms with Crippen molar-refractivity contribution in [2.75, 3.05) is 0 Å². The molecule has 0 N–H and O–H groups in total. The van der Waals surface area contributed by atoms with Gasteiger partial charge in [-0.25, -0.2) is 0 Å². The fourth-order valence-corrected chi connectivity index (χ4v) is 1.09. The molecule has 0 spiro atoms. The smallest absolute Gasteiger partial charge is 0.550 e. The van der Waals surface area contributed by atoms with Crippen LogP contribution in [0.2, 0.25) is 0 Å². The van der Waals surface area contributed by atoms with E-state index in [1.54, 1.807) is 0 Å². The molecule has 0 aliphatic carbocycles. The van der Waals surface area contributed by atoms with Gasteiger partial charge in [-0.1, -0.05) is 0 Å². The first-order valence-electron chi connectivity index (χ1n) is 4.82. The first-order valence-corrected chi connectivity index (χ1v) is 4.82. The Kier molecular flexibility index (Phi) is 7.20. The summed E-state index contributed by atoms with van der Waals surface area (Å²) < 4.78 is 161. The van der Waals surface area contributed by atoms with Crippen LogP contribution < -0.4 is 34.7 Å². The van der Waals surface area contributed by atoms with E-state index in [0.29, 0.717) is 0 Å². The standard InChI is InChI=1S/C8H3F13O2.Na/c9-3(10,1-2(22)23)4(11,12)5(13,14)6(15,16)7(17,18)8(19,20)21;/h1H2,(H,22,23);/q;+1/p-1. The van der Waals surface area contributed by atoms with Crippen molar-refractivity contribution < 1.29 is 96.5 Å². The number of aliphatic carboxylic acids is 1. The molecular weight excluding hydrogens is 398 g/mol. The number of carbonyl (C=O) groups excluding carboxylic acids is 1. The molecule has 0 rings (SSSR count). The second kappa shape index (κ2) is 6.70. The molecule has 0 heterocycles. The molecule has 0 saturated carbocycles. The summed E-state index contributed by atoms with van der Waals surface area (Å²) in [4.78, 5) is 9.71. The molecule has 0 fully saturated rings. The third kappa shape index (κ3) is 3.71. The third-order valence-electron chi connectivity index (χ3n) is 2.36. The fraction of sp³-hybridized carbons (Fsp3) is 0.875. The molecule has 0 unspecified atom stereocenters. The summed E-state index contributed by atoms with van der Waals surface area (Å²) >= 11 is 0. The van der Waals surface area contributed by atoms with Gasteiger partial charge in [0.15, 0.2) is 0 Å². The fourth-order valence-electron chi connectivity index (χ4n) is 1.09. The monoisotopic (exact) mass is 400 g/mol. The summed E-state index contributed by atoms with van der Waals surface area (Å²) in [6, 6.07) is 0. The molecule has 24 heavy (non-hydrogen) atoms. The number of carbonyl (C=O) groups is 1. The van der Waals surface area contributed by atoms with E-state index < -0.39 is 48.2 Å². The van der Waals surface area contributed by atoms with Crippen LogP contribution in [0, 0.1) is 0 Å². The number of alkyl halides is 13. The van der Waals surface area contributed by atoms with E-state index in [2.05, 4.69) is 0 Å². The molecule has 0 aromatic rings. The zero-order chi connectivity index (χ0) is 19.3. The van der Waals surface area contributed by atoms with Crippen molar-refractivity contribution in [3.05, 3.63) is 0 Å². The van der Waals surface area contributed by atoms with Crippen molar-refractivity contribution in [2.24, 2.45) is 0 Å². The van der Waals surface area contributed by atoms with Gasteiger partial charge >= 0.3 is 65.3 Å². The molecule has 0 atom stereocenters. The molecule has 0 saturated heterocycles. The van der Waals surface area contributed by atoms with Crippen LogP contribution in [0.15, 0.2) is 0 Å². The van der Waals surface area contributed by atoms with Crippen LogP contribution in [0.3, 0.4) is 0 Å². The van der Waals surface area contributed by atoms with E-state index in [1.807, 2.05) is 0 Å². The summed E-state index contributed by atoms with van der Waals surface area (Å²) in [6.45, 7) is 0. The Balaban J connectivity index is 0. The van der Waals surface area contributed by atoms with Gasteiger partial charge in [-0.15, -0.1) is 0 Å². The van der Waals surface area contributed by atoms with E-state index in [1.165, 1.54) is 0 Å². The van der Waals surface area contributed by atoms with Gasteiger partial charge in [0, 0.05) is 5.97 Å². The summed E-state index contributed by atoms with van der Waals surface area (Å²) in [5.74, 6) is -41.2. The average molecular weight is 400 g/mol. The van der Waals surface area contributed by atoms with Gasteiger partial charge in [-0.2, -0.15) is 57.1 Å². The second-order valence-electron chi connectivity index (χ2n) is 4.05. The van der Waals surface area contributed by atoms with Gasteiger partial charge in [0.25, 0.3) is 0 Å². The number of hydrogen-bond acceptors (Lipinski definition) is 2. The summed E-state index contributed by atoms with van der Waals surface area (Å²) in [7, 11) is 0. The molecule has 0 amide bonds. The zero-order valence-electron chi connectivity index (χ0n) is 10.9. The van der Waals surface area contributed by atoms with E-state index in [-0.39, 0.29) is 29.6 Å². The summed E-state index contributed by atoms with van der Waals surface area (Å²) in [5.41, 5.74) is 0. The Morgan fingerprint density at radius 2 is 0.917 bits per heavy atom. The molecule has 2 nitrogen and oxygen atoms in total. The molecule has 0 bridgehead atoms. The zero-order valence-corrected chi connectivity index (χ0v) is 12.9. The van der Waals surface area contributed by atoms with Crippen LogP contribution in [0.4, 0.5) is 57.1 Å². The van der Waals surface area contributed by atoms with Gasteiger partial charge in [-0.05, 0) is 0 Å². The first-order chi connectivity index (χ1) is 9.67. The maximum atomic E-state index is 12.8. The van der Waals surface area contributed by atoms with Crippen molar-refractivity contribution in [3.8, 4) is 0 Å². The van der Waals surface area contributed by atoms with Crippen LogP contribution in [-0.4, -0.2) is 41.8 Å². The minimum absolute atomic E-state index is 0. The molecule has 16 heteroatoms. The molecule has 0 aliphatic rings. The quantitative estimate of drug-likeness (QED) is 0.461. The van der Waals surface area contributed by atoms with Gasteiger partial charge < -0.3 is 9.90 Å². The molecular formula is C8H2F13NaO2. The number of carboxylic acid groups (broad SMARTS) is 1. The van der Waals surface area contributed by atoms with Gasteiger partial charge in [0.05, 0.1) is 6.42 Å². The average Bonchev–Trinajstić information content (AvgIpc) is 2.24. The number of halogens is 13. The van der Waals surface area contributed by atoms with Gasteiger partial charge in [-0.3, -0.25) is 0 Å². The van der Waals surface area contributed by atoms with Crippen LogP contribution in [0.5, 0.6) is 0 Å². The number of carboxylic acids is 1. The number of rotatable bonds is 6. The maximum absolute atomic E-state index is 12.8. The van der Waals surface area contributed by atoms with Crippen molar-refractivity contribution in [2.45, 2.75) is 42.2 Å². The van der Waals surface area contributed by atoms with E-state index in [9.17, 15) is 67.0 Å². The predicted octanol–water partition coefficient (Wildman–Crippen LogP) is -0.131. The van der Waals surface area contributed by atoms with Crippen molar-refractivity contribution >= 4 is 5.97 Å². The Bertz CT molecular complexity index is 469. The third-order valence-corrected chi connectivity index (χ3v) is 2.36. The van der Waals surface area contributed by atoms with Gasteiger partial charge in [0.2, 0.25) is 0 Å². The Labute approximate surface area is 145 Å². The SMILES string of the molecule is O=C([O-])CC(F)(F)C(F)(F)C(F)(F)C(F)(F)C(F)(F)C(F)(F)F.[Na+].